The van der Waals surface area contributed by atoms with Gasteiger partial charge in [0.1, 0.15) is 5.75 Å². The number of nitrogens with one attached hydrogen (secondary N) is 2. The van der Waals surface area contributed by atoms with Crippen LogP contribution >= 0.6 is 23.2 Å². The molecule has 2 aromatic heterocycles. The van der Waals surface area contributed by atoms with Gasteiger partial charge in [0.15, 0.2) is 0 Å². The maximum atomic E-state index is 7.14. The van der Waals surface area contributed by atoms with Crippen molar-refractivity contribution in [3.05, 3.63) is 82.0 Å². The van der Waals surface area contributed by atoms with Crippen molar-refractivity contribution in [3.63, 3.8) is 0 Å². The zero-order valence-electron chi connectivity index (χ0n) is 29.4. The highest BCUT2D eigenvalue weighted by atomic mass is 35.5. The Labute approximate surface area is 306 Å². The van der Waals surface area contributed by atoms with Gasteiger partial charge in [-0.15, -0.1) is 0 Å². The summed E-state index contributed by atoms with van der Waals surface area (Å²) in [4.78, 5) is 9.55. The molecule has 0 aliphatic heterocycles. The van der Waals surface area contributed by atoms with Crippen LogP contribution in [0.2, 0.25) is 10.0 Å². The highest BCUT2D eigenvalue weighted by Crippen LogP contribution is 2.42. The number of ether oxygens (including phenoxy) is 4. The van der Waals surface area contributed by atoms with Gasteiger partial charge in [0, 0.05) is 79.0 Å². The molecule has 6 rings (SSSR count). The van der Waals surface area contributed by atoms with Crippen LogP contribution in [0, 0.1) is 0 Å². The topological polar surface area (TPSA) is 86.8 Å². The van der Waals surface area contributed by atoms with Crippen LogP contribution in [-0.4, -0.2) is 62.7 Å². The molecular formula is C40H48Cl2N4O4. The summed E-state index contributed by atoms with van der Waals surface area (Å²) in [5.41, 5.74) is 6.73. The van der Waals surface area contributed by atoms with E-state index >= 15 is 0 Å². The molecule has 0 radical (unpaired) electrons. The SMILES string of the molecule is COc1cc(-c2nccc(-c3cccc(-c4ccc(CN[C@H]5CC[C@H](OC)CC5)c(OC)n4)c3Cl)c2Cl)ccc1CN[C@H]1CC[C@@H](OC)CC1. The Balaban J connectivity index is 1.19. The third kappa shape index (κ3) is 8.44. The number of benzene rings is 2. The molecule has 2 aliphatic rings. The standard InChI is InChI=1S/C40H48Cl2N4O4/c1-47-30-15-11-28(12-16-30)44-23-26-9-8-25(22-36(26)49-3)39-38(42)33(20-21-43-39)32-6-5-7-34(37(32)41)35-19-10-27(40(46-35)50-4)24-45-29-13-17-31(48-2)18-14-29/h5-10,19-22,28-31,44-45H,11-18,23-24H2,1-4H3/t28-,29-,30+,31-. The van der Waals surface area contributed by atoms with Crippen LogP contribution in [0.4, 0.5) is 0 Å². The van der Waals surface area contributed by atoms with Gasteiger partial charge in [0.2, 0.25) is 5.88 Å². The van der Waals surface area contributed by atoms with E-state index in [2.05, 4.69) is 33.8 Å². The molecule has 2 fully saturated rings. The van der Waals surface area contributed by atoms with Crippen LogP contribution in [0.25, 0.3) is 33.6 Å². The van der Waals surface area contributed by atoms with Gasteiger partial charge in [0.05, 0.1) is 47.9 Å². The van der Waals surface area contributed by atoms with Gasteiger partial charge >= 0.3 is 0 Å². The van der Waals surface area contributed by atoms with Crippen molar-refractivity contribution in [2.24, 2.45) is 0 Å². The fraction of sp³-hybridized carbons (Fsp3) is 0.450. The highest BCUT2D eigenvalue weighted by molar-refractivity contribution is 6.39. The number of methoxy groups -OCH3 is 4. The zero-order valence-corrected chi connectivity index (χ0v) is 30.9. The third-order valence-electron chi connectivity index (χ3n) is 10.3. The number of hydrogen-bond acceptors (Lipinski definition) is 8. The molecule has 2 aromatic carbocycles. The largest absolute Gasteiger partial charge is 0.496 e. The van der Waals surface area contributed by atoms with E-state index in [4.69, 9.17) is 47.1 Å². The predicted octanol–water partition coefficient (Wildman–Crippen LogP) is 8.90. The molecule has 4 aromatic rings. The van der Waals surface area contributed by atoms with E-state index in [1.807, 2.05) is 36.4 Å². The van der Waals surface area contributed by atoms with E-state index in [0.717, 1.165) is 103 Å². The Hall–Kier alpha value is -3.24. The van der Waals surface area contributed by atoms with Crippen molar-refractivity contribution < 1.29 is 18.9 Å². The van der Waals surface area contributed by atoms with E-state index in [1.54, 1.807) is 34.6 Å². The van der Waals surface area contributed by atoms with Gasteiger partial charge in [0.25, 0.3) is 0 Å². The van der Waals surface area contributed by atoms with Crippen LogP contribution < -0.4 is 20.1 Å². The summed E-state index contributed by atoms with van der Waals surface area (Å²) in [6.45, 7) is 1.40. The minimum atomic E-state index is 0.372. The molecule has 0 amide bonds. The molecule has 0 atom stereocenters. The maximum Gasteiger partial charge on any atom is 0.218 e. The summed E-state index contributed by atoms with van der Waals surface area (Å²) < 4.78 is 22.6. The van der Waals surface area contributed by atoms with Gasteiger partial charge in [-0.1, -0.05) is 59.6 Å². The van der Waals surface area contributed by atoms with E-state index in [0.29, 0.717) is 52.5 Å². The first-order valence-electron chi connectivity index (χ1n) is 17.6. The smallest absolute Gasteiger partial charge is 0.218 e. The minimum Gasteiger partial charge on any atom is -0.496 e. The lowest BCUT2D eigenvalue weighted by Crippen LogP contribution is -2.34. The second-order valence-electron chi connectivity index (χ2n) is 13.3. The van der Waals surface area contributed by atoms with Crippen molar-refractivity contribution >= 4 is 23.2 Å². The summed E-state index contributed by atoms with van der Waals surface area (Å²) in [7, 11) is 6.95. The van der Waals surface area contributed by atoms with Gasteiger partial charge in [-0.3, -0.25) is 4.98 Å². The van der Waals surface area contributed by atoms with Crippen molar-refractivity contribution in [1.82, 2.24) is 20.6 Å². The average Bonchev–Trinajstić information content (AvgIpc) is 3.17. The van der Waals surface area contributed by atoms with Crippen molar-refractivity contribution in [2.45, 2.75) is 88.7 Å². The Morgan fingerprint density at radius 2 is 1.26 bits per heavy atom. The fourth-order valence-corrected chi connectivity index (χ4v) is 7.92. The van der Waals surface area contributed by atoms with Crippen LogP contribution in [0.3, 0.4) is 0 Å². The van der Waals surface area contributed by atoms with E-state index < -0.39 is 0 Å². The third-order valence-corrected chi connectivity index (χ3v) is 11.1. The normalized spacial score (nSPS) is 20.8. The Morgan fingerprint density at radius 1 is 0.660 bits per heavy atom. The molecule has 2 saturated carbocycles. The molecule has 266 valence electrons. The number of nitrogens with zero attached hydrogens (tertiary/aromatic N) is 2. The predicted molar refractivity (Wildman–Crippen MR) is 201 cm³/mol. The first-order chi connectivity index (χ1) is 24.4. The van der Waals surface area contributed by atoms with Crippen LogP contribution in [0.5, 0.6) is 11.6 Å². The molecule has 0 unspecified atom stereocenters. The molecule has 0 spiro atoms. The summed E-state index contributed by atoms with van der Waals surface area (Å²) in [5, 5.41) is 8.45. The van der Waals surface area contributed by atoms with Crippen molar-refractivity contribution in [3.8, 4) is 45.3 Å². The molecule has 2 aliphatic carbocycles. The van der Waals surface area contributed by atoms with Gasteiger partial charge in [-0.25, -0.2) is 4.98 Å². The zero-order chi connectivity index (χ0) is 35.0. The lowest BCUT2D eigenvalue weighted by atomic mass is 9.93. The second kappa shape index (κ2) is 17.3. The number of hydrogen-bond donors (Lipinski definition) is 2. The van der Waals surface area contributed by atoms with Gasteiger partial charge < -0.3 is 29.6 Å². The van der Waals surface area contributed by atoms with Gasteiger partial charge in [-0.05, 0) is 69.6 Å². The summed E-state index contributed by atoms with van der Waals surface area (Å²) >= 11 is 14.3. The fourth-order valence-electron chi connectivity index (χ4n) is 7.27. The Kier molecular flexibility index (Phi) is 12.7. The summed E-state index contributed by atoms with van der Waals surface area (Å²) in [5.74, 6) is 1.37. The molecule has 10 heteroatoms. The molecule has 0 bridgehead atoms. The molecular weight excluding hydrogens is 671 g/mol. The van der Waals surface area contributed by atoms with Crippen molar-refractivity contribution in [1.29, 1.82) is 0 Å². The summed E-state index contributed by atoms with van der Waals surface area (Å²) in [6.07, 6.45) is 11.3. The lowest BCUT2D eigenvalue weighted by molar-refractivity contribution is 0.0623. The maximum absolute atomic E-state index is 7.14. The van der Waals surface area contributed by atoms with Gasteiger partial charge in [-0.2, -0.15) is 0 Å². The monoisotopic (exact) mass is 718 g/mol. The van der Waals surface area contributed by atoms with Crippen molar-refractivity contribution in [2.75, 3.05) is 28.4 Å². The van der Waals surface area contributed by atoms with E-state index in [1.165, 1.54) is 0 Å². The quantitative estimate of drug-likeness (QED) is 0.142. The lowest BCUT2D eigenvalue weighted by Gasteiger charge is -2.28. The first-order valence-corrected chi connectivity index (χ1v) is 18.3. The molecule has 0 saturated heterocycles. The number of rotatable bonds is 13. The molecule has 8 nitrogen and oxygen atoms in total. The van der Waals surface area contributed by atoms with Crippen LogP contribution in [0.1, 0.15) is 62.5 Å². The highest BCUT2D eigenvalue weighted by Gasteiger charge is 2.23. The number of aromatic nitrogens is 2. The first kappa shape index (κ1) is 36.5. The number of halogens is 2. The second-order valence-corrected chi connectivity index (χ2v) is 14.0. The molecule has 50 heavy (non-hydrogen) atoms. The van der Waals surface area contributed by atoms with Crippen LogP contribution in [-0.2, 0) is 22.6 Å². The Morgan fingerprint density at radius 3 is 1.88 bits per heavy atom. The molecule has 2 N–H and O–H groups in total. The van der Waals surface area contributed by atoms with E-state index in [9.17, 15) is 0 Å². The summed E-state index contributed by atoms with van der Waals surface area (Å²) in [6, 6.07) is 18.9. The van der Waals surface area contributed by atoms with Crippen LogP contribution in [0.15, 0.2) is 60.8 Å². The average molecular weight is 720 g/mol. The number of pyridine rings is 2. The molecule has 2 heterocycles. The minimum absolute atomic E-state index is 0.372. The van der Waals surface area contributed by atoms with E-state index in [-0.39, 0.29) is 0 Å². The Bertz CT molecular complexity index is 1610.